The molecular formula is C18H16FN5O2. The summed E-state index contributed by atoms with van der Waals surface area (Å²) in [6, 6.07) is 14.2. The van der Waals surface area contributed by atoms with Gasteiger partial charge in [0.25, 0.3) is 0 Å². The highest BCUT2D eigenvalue weighted by Gasteiger charge is 2.17. The standard InChI is InChI=1S/C18H16FN5O2/c1-12-16(11-21-22-18(20)25)17(26-15-9-7-13(19)8-10-15)24(23-12)14-5-3-2-4-6-14/h2-11H,1H3,(H3,20,22,25)/b21-11+. The first kappa shape index (κ1) is 17.2. The third kappa shape index (κ3) is 3.86. The summed E-state index contributed by atoms with van der Waals surface area (Å²) in [6.07, 6.45) is 1.39. The van der Waals surface area contributed by atoms with Crippen molar-refractivity contribution in [3.63, 3.8) is 0 Å². The number of hydrogen-bond acceptors (Lipinski definition) is 4. The van der Waals surface area contributed by atoms with Crippen LogP contribution in [-0.4, -0.2) is 22.0 Å². The van der Waals surface area contributed by atoms with E-state index in [1.165, 1.54) is 30.5 Å². The summed E-state index contributed by atoms with van der Waals surface area (Å²) in [7, 11) is 0. The minimum atomic E-state index is -0.782. The Morgan fingerprint density at radius 3 is 2.58 bits per heavy atom. The Hall–Kier alpha value is -3.68. The molecule has 132 valence electrons. The van der Waals surface area contributed by atoms with Gasteiger partial charge in [-0.1, -0.05) is 18.2 Å². The highest BCUT2D eigenvalue weighted by molar-refractivity contribution is 5.86. The lowest BCUT2D eigenvalue weighted by Gasteiger charge is -2.10. The molecule has 26 heavy (non-hydrogen) atoms. The molecule has 3 rings (SSSR count). The Bertz CT molecular complexity index is 936. The van der Waals surface area contributed by atoms with Crippen molar-refractivity contribution in [1.29, 1.82) is 0 Å². The monoisotopic (exact) mass is 353 g/mol. The molecule has 0 aliphatic carbocycles. The fraction of sp³-hybridized carbons (Fsp3) is 0.0556. The number of primary amides is 1. The lowest BCUT2D eigenvalue weighted by atomic mass is 10.2. The van der Waals surface area contributed by atoms with Crippen LogP contribution in [0.5, 0.6) is 11.6 Å². The summed E-state index contributed by atoms with van der Waals surface area (Å²) >= 11 is 0. The highest BCUT2D eigenvalue weighted by atomic mass is 19.1. The normalized spacial score (nSPS) is 10.8. The van der Waals surface area contributed by atoms with Crippen LogP contribution in [0, 0.1) is 12.7 Å². The zero-order chi connectivity index (χ0) is 18.5. The number of halogens is 1. The quantitative estimate of drug-likeness (QED) is 0.545. The SMILES string of the molecule is Cc1nn(-c2ccccc2)c(Oc2ccc(F)cc2)c1/C=N/NC(N)=O. The molecule has 0 unspecified atom stereocenters. The van der Waals surface area contributed by atoms with Crippen LogP contribution >= 0.6 is 0 Å². The first-order valence-electron chi connectivity index (χ1n) is 7.71. The number of aromatic nitrogens is 2. The first-order chi connectivity index (χ1) is 12.5. The van der Waals surface area contributed by atoms with Gasteiger partial charge in [0.15, 0.2) is 0 Å². The smallest absolute Gasteiger partial charge is 0.332 e. The predicted molar refractivity (Wildman–Crippen MR) is 95.1 cm³/mol. The van der Waals surface area contributed by atoms with E-state index in [-0.39, 0.29) is 5.82 Å². The largest absolute Gasteiger partial charge is 0.438 e. The fourth-order valence-electron chi connectivity index (χ4n) is 2.28. The second kappa shape index (κ2) is 7.47. The van der Waals surface area contributed by atoms with E-state index in [1.54, 1.807) is 11.6 Å². The van der Waals surface area contributed by atoms with Crippen LogP contribution in [0.2, 0.25) is 0 Å². The molecule has 0 fully saturated rings. The van der Waals surface area contributed by atoms with Gasteiger partial charge in [-0.3, -0.25) is 0 Å². The number of aryl methyl sites for hydroxylation is 1. The number of urea groups is 1. The molecule has 0 aliphatic rings. The van der Waals surface area contributed by atoms with Gasteiger partial charge < -0.3 is 10.5 Å². The molecule has 1 aromatic heterocycles. The second-order valence-electron chi connectivity index (χ2n) is 5.34. The number of hydrogen-bond donors (Lipinski definition) is 2. The molecule has 7 nitrogen and oxygen atoms in total. The Kier molecular flexibility index (Phi) is 4.93. The number of amides is 2. The number of carbonyl (C=O) groups is 1. The van der Waals surface area contributed by atoms with Crippen molar-refractivity contribution in [2.45, 2.75) is 6.92 Å². The molecule has 1 heterocycles. The Morgan fingerprint density at radius 1 is 1.23 bits per heavy atom. The average Bonchev–Trinajstić information content (AvgIpc) is 2.93. The van der Waals surface area contributed by atoms with E-state index in [2.05, 4.69) is 15.6 Å². The van der Waals surface area contributed by atoms with Gasteiger partial charge in [-0.2, -0.15) is 14.9 Å². The molecule has 0 radical (unpaired) electrons. The zero-order valence-electron chi connectivity index (χ0n) is 13.9. The number of carbonyl (C=O) groups excluding carboxylic acids is 1. The van der Waals surface area contributed by atoms with Crippen LogP contribution < -0.4 is 15.9 Å². The molecule has 0 aliphatic heterocycles. The van der Waals surface area contributed by atoms with Crippen molar-refractivity contribution in [3.05, 3.63) is 71.7 Å². The Morgan fingerprint density at radius 2 is 1.92 bits per heavy atom. The Balaban J connectivity index is 2.05. The van der Waals surface area contributed by atoms with E-state index in [1.807, 2.05) is 30.3 Å². The topological polar surface area (TPSA) is 94.5 Å². The number of nitrogens with two attached hydrogens (primary N) is 1. The molecule has 2 aromatic carbocycles. The van der Waals surface area contributed by atoms with Gasteiger partial charge in [-0.15, -0.1) is 0 Å². The zero-order valence-corrected chi connectivity index (χ0v) is 13.9. The van der Waals surface area contributed by atoms with Crippen LogP contribution in [0.3, 0.4) is 0 Å². The predicted octanol–water partition coefficient (Wildman–Crippen LogP) is 3.11. The lowest BCUT2D eigenvalue weighted by molar-refractivity contribution is 0.249. The maximum absolute atomic E-state index is 13.1. The molecular weight excluding hydrogens is 337 g/mol. The van der Waals surface area contributed by atoms with E-state index in [4.69, 9.17) is 10.5 Å². The van der Waals surface area contributed by atoms with Crippen molar-refractivity contribution in [2.24, 2.45) is 10.8 Å². The lowest BCUT2D eigenvalue weighted by Crippen LogP contribution is -2.24. The van der Waals surface area contributed by atoms with E-state index < -0.39 is 6.03 Å². The maximum atomic E-state index is 13.1. The van der Waals surface area contributed by atoms with Crippen molar-refractivity contribution in [3.8, 4) is 17.3 Å². The fourth-order valence-corrected chi connectivity index (χ4v) is 2.28. The molecule has 0 bridgehead atoms. The summed E-state index contributed by atoms with van der Waals surface area (Å²) in [5, 5.41) is 8.26. The summed E-state index contributed by atoms with van der Waals surface area (Å²) in [5.41, 5.74) is 9.10. The summed E-state index contributed by atoms with van der Waals surface area (Å²) in [6.45, 7) is 1.78. The third-order valence-electron chi connectivity index (χ3n) is 3.46. The van der Waals surface area contributed by atoms with Crippen molar-refractivity contribution in [2.75, 3.05) is 0 Å². The van der Waals surface area contributed by atoms with E-state index >= 15 is 0 Å². The van der Waals surface area contributed by atoms with Gasteiger partial charge in [0.05, 0.1) is 23.2 Å². The number of hydrazone groups is 1. The molecule has 3 aromatic rings. The van der Waals surface area contributed by atoms with Gasteiger partial charge >= 0.3 is 6.03 Å². The van der Waals surface area contributed by atoms with Crippen LogP contribution in [0.1, 0.15) is 11.3 Å². The second-order valence-corrected chi connectivity index (χ2v) is 5.34. The third-order valence-corrected chi connectivity index (χ3v) is 3.46. The Labute approximate surface area is 148 Å². The number of nitrogens with zero attached hydrogens (tertiary/aromatic N) is 3. The maximum Gasteiger partial charge on any atom is 0.332 e. The van der Waals surface area contributed by atoms with E-state index in [0.29, 0.717) is 22.9 Å². The van der Waals surface area contributed by atoms with Crippen LogP contribution in [0.25, 0.3) is 5.69 Å². The van der Waals surface area contributed by atoms with E-state index in [9.17, 15) is 9.18 Å². The summed E-state index contributed by atoms with van der Waals surface area (Å²) < 4.78 is 20.7. The van der Waals surface area contributed by atoms with Crippen LogP contribution in [0.4, 0.5) is 9.18 Å². The van der Waals surface area contributed by atoms with Crippen LogP contribution in [-0.2, 0) is 0 Å². The number of para-hydroxylation sites is 1. The van der Waals surface area contributed by atoms with Gasteiger partial charge in [0.1, 0.15) is 11.6 Å². The number of nitrogens with one attached hydrogen (secondary N) is 1. The molecule has 0 spiro atoms. The van der Waals surface area contributed by atoms with E-state index in [0.717, 1.165) is 5.69 Å². The number of ether oxygens (including phenoxy) is 1. The molecule has 0 saturated carbocycles. The number of benzene rings is 2. The minimum Gasteiger partial charge on any atom is -0.438 e. The van der Waals surface area contributed by atoms with Gasteiger partial charge in [-0.05, 0) is 43.3 Å². The minimum absolute atomic E-state index is 0.363. The van der Waals surface area contributed by atoms with Crippen molar-refractivity contribution in [1.82, 2.24) is 15.2 Å². The molecule has 3 N–H and O–H groups in total. The van der Waals surface area contributed by atoms with Crippen molar-refractivity contribution >= 4 is 12.2 Å². The first-order valence-corrected chi connectivity index (χ1v) is 7.71. The van der Waals surface area contributed by atoms with Gasteiger partial charge in [0, 0.05) is 0 Å². The van der Waals surface area contributed by atoms with Gasteiger partial charge in [-0.25, -0.2) is 14.6 Å². The highest BCUT2D eigenvalue weighted by Crippen LogP contribution is 2.29. The molecule has 0 atom stereocenters. The summed E-state index contributed by atoms with van der Waals surface area (Å²) in [4.78, 5) is 10.8. The molecule has 8 heteroatoms. The summed E-state index contributed by atoms with van der Waals surface area (Å²) in [5.74, 6) is 0.439. The van der Waals surface area contributed by atoms with Crippen LogP contribution in [0.15, 0.2) is 59.7 Å². The molecule has 0 saturated heterocycles. The van der Waals surface area contributed by atoms with Crippen molar-refractivity contribution < 1.29 is 13.9 Å². The average molecular weight is 353 g/mol. The van der Waals surface area contributed by atoms with Gasteiger partial charge in [0.2, 0.25) is 5.88 Å². The number of rotatable bonds is 5. The molecule has 2 amide bonds.